The van der Waals surface area contributed by atoms with Gasteiger partial charge in [0.1, 0.15) is 5.82 Å². The molecule has 0 unspecified atom stereocenters. The third-order valence-corrected chi connectivity index (χ3v) is 5.24. The average Bonchev–Trinajstić information content (AvgIpc) is 2.72. The van der Waals surface area contributed by atoms with Crippen molar-refractivity contribution in [2.45, 2.75) is 12.8 Å². The monoisotopic (exact) mass is 361 g/mol. The Bertz CT molecular complexity index is 898. The van der Waals surface area contributed by atoms with Crippen molar-refractivity contribution >= 4 is 22.4 Å². The molecule has 0 radical (unpaired) electrons. The molecule has 2 aromatic heterocycles. The Hall–Kier alpha value is -2.66. The first kappa shape index (κ1) is 17.7. The molecule has 5 nitrogen and oxygen atoms in total. The van der Waals surface area contributed by atoms with Gasteiger partial charge in [0, 0.05) is 49.7 Å². The fraction of sp³-hybridized carbons (Fsp3) is 0.364. The summed E-state index contributed by atoms with van der Waals surface area (Å²) in [7, 11) is 4.01. The van der Waals surface area contributed by atoms with Crippen molar-refractivity contribution in [1.82, 2.24) is 15.3 Å². The number of fused-ring (bicyclic) bond motifs is 1. The Kier molecular flexibility index (Phi) is 5.21. The summed E-state index contributed by atoms with van der Waals surface area (Å²) >= 11 is 0. The minimum Gasteiger partial charge on any atom is -0.384 e. The van der Waals surface area contributed by atoms with Crippen LogP contribution in [0.1, 0.15) is 12.8 Å². The molecular formula is C22H27N5. The first-order chi connectivity index (χ1) is 13.2. The van der Waals surface area contributed by atoms with Crippen LogP contribution in [0.15, 0.2) is 48.8 Å². The molecule has 1 aromatic carbocycles. The van der Waals surface area contributed by atoms with E-state index in [-0.39, 0.29) is 0 Å². The van der Waals surface area contributed by atoms with Gasteiger partial charge in [-0.25, -0.2) is 4.98 Å². The lowest BCUT2D eigenvalue weighted by Crippen LogP contribution is -2.33. The lowest BCUT2D eigenvalue weighted by atomic mass is 9.99. The molecular weight excluding hydrogens is 334 g/mol. The zero-order chi connectivity index (χ0) is 18.6. The molecule has 1 aliphatic rings. The van der Waals surface area contributed by atoms with E-state index < -0.39 is 0 Å². The van der Waals surface area contributed by atoms with Crippen molar-refractivity contribution in [3.05, 3.63) is 48.8 Å². The van der Waals surface area contributed by atoms with Crippen molar-refractivity contribution in [3.8, 4) is 11.1 Å². The summed E-state index contributed by atoms with van der Waals surface area (Å²) in [5, 5.41) is 8.35. The van der Waals surface area contributed by atoms with Crippen molar-refractivity contribution in [2.24, 2.45) is 5.92 Å². The second-order valence-electron chi connectivity index (χ2n) is 7.49. The molecule has 3 heterocycles. The van der Waals surface area contributed by atoms with Gasteiger partial charge >= 0.3 is 0 Å². The minimum absolute atomic E-state index is 0.676. The van der Waals surface area contributed by atoms with Crippen LogP contribution in [-0.2, 0) is 0 Å². The fourth-order valence-electron chi connectivity index (χ4n) is 3.67. The number of benzene rings is 1. The SMILES string of the molecule is CN(C)c1ccc(-c2cc(NC[C@H]3CCCNC3)c3cccnc3c2)cn1. The van der Waals surface area contributed by atoms with E-state index in [9.17, 15) is 0 Å². The summed E-state index contributed by atoms with van der Waals surface area (Å²) in [5.41, 5.74) is 4.41. The predicted octanol–water partition coefficient (Wildman–Crippen LogP) is 3.77. The number of nitrogens with zero attached hydrogens (tertiary/aromatic N) is 3. The van der Waals surface area contributed by atoms with Gasteiger partial charge in [0.2, 0.25) is 0 Å². The summed E-state index contributed by atoms with van der Waals surface area (Å²) < 4.78 is 0. The molecule has 0 saturated carbocycles. The fourth-order valence-corrected chi connectivity index (χ4v) is 3.67. The van der Waals surface area contributed by atoms with Crippen LogP contribution in [0.25, 0.3) is 22.0 Å². The quantitative estimate of drug-likeness (QED) is 0.724. The van der Waals surface area contributed by atoms with Gasteiger partial charge in [0.15, 0.2) is 0 Å². The van der Waals surface area contributed by atoms with Gasteiger partial charge in [-0.05, 0) is 73.8 Å². The van der Waals surface area contributed by atoms with E-state index in [0.29, 0.717) is 5.92 Å². The van der Waals surface area contributed by atoms with Crippen LogP contribution in [0.3, 0.4) is 0 Å². The highest BCUT2D eigenvalue weighted by molar-refractivity contribution is 5.95. The van der Waals surface area contributed by atoms with Gasteiger partial charge in [-0.15, -0.1) is 0 Å². The van der Waals surface area contributed by atoms with E-state index in [1.165, 1.54) is 18.2 Å². The zero-order valence-corrected chi connectivity index (χ0v) is 16.1. The highest BCUT2D eigenvalue weighted by Crippen LogP contribution is 2.30. The summed E-state index contributed by atoms with van der Waals surface area (Å²) in [6, 6.07) is 12.7. The van der Waals surface area contributed by atoms with Gasteiger partial charge < -0.3 is 15.5 Å². The van der Waals surface area contributed by atoms with Crippen LogP contribution in [0.4, 0.5) is 11.5 Å². The van der Waals surface area contributed by atoms with Crippen LogP contribution in [-0.4, -0.2) is 43.7 Å². The number of rotatable bonds is 5. The Balaban J connectivity index is 1.65. The van der Waals surface area contributed by atoms with Crippen molar-refractivity contribution in [2.75, 3.05) is 43.9 Å². The van der Waals surface area contributed by atoms with Gasteiger partial charge in [-0.1, -0.05) is 0 Å². The molecule has 1 fully saturated rings. The van der Waals surface area contributed by atoms with Crippen LogP contribution in [0.5, 0.6) is 0 Å². The second-order valence-corrected chi connectivity index (χ2v) is 7.49. The molecule has 3 aromatic rings. The highest BCUT2D eigenvalue weighted by atomic mass is 15.1. The summed E-state index contributed by atoms with van der Waals surface area (Å²) in [6.45, 7) is 3.23. The average molecular weight is 361 g/mol. The van der Waals surface area contributed by atoms with E-state index in [2.05, 4.69) is 50.9 Å². The van der Waals surface area contributed by atoms with E-state index in [1.807, 2.05) is 37.5 Å². The van der Waals surface area contributed by atoms with Gasteiger partial charge in [-0.3, -0.25) is 4.98 Å². The summed E-state index contributed by atoms with van der Waals surface area (Å²) in [4.78, 5) is 11.2. The number of nitrogens with one attached hydrogen (secondary N) is 2. The standard InChI is InChI=1S/C22H27N5/c1-27(2)22-8-7-17(15-26-22)18-11-20-19(6-4-10-24-20)21(12-18)25-14-16-5-3-9-23-13-16/h4,6-8,10-12,15-16,23,25H,3,5,9,13-14H2,1-2H3/t16-/m0/s1. The second kappa shape index (κ2) is 7.92. The third kappa shape index (κ3) is 4.03. The maximum Gasteiger partial charge on any atom is 0.127 e. The number of hydrogen-bond donors (Lipinski definition) is 2. The largest absolute Gasteiger partial charge is 0.384 e. The zero-order valence-electron chi connectivity index (χ0n) is 16.1. The van der Waals surface area contributed by atoms with E-state index in [4.69, 9.17) is 0 Å². The van der Waals surface area contributed by atoms with E-state index in [1.54, 1.807) is 0 Å². The molecule has 0 spiro atoms. The molecule has 27 heavy (non-hydrogen) atoms. The Labute approximate surface area is 160 Å². The number of pyridine rings is 2. The van der Waals surface area contributed by atoms with E-state index >= 15 is 0 Å². The molecule has 0 aliphatic carbocycles. The molecule has 0 bridgehead atoms. The minimum atomic E-state index is 0.676. The van der Waals surface area contributed by atoms with Crippen molar-refractivity contribution < 1.29 is 0 Å². The summed E-state index contributed by atoms with van der Waals surface area (Å²) in [6.07, 6.45) is 6.34. The topological polar surface area (TPSA) is 53.1 Å². The van der Waals surface area contributed by atoms with Crippen LogP contribution in [0.2, 0.25) is 0 Å². The van der Waals surface area contributed by atoms with Gasteiger partial charge in [0.05, 0.1) is 5.52 Å². The first-order valence-electron chi connectivity index (χ1n) is 9.68. The molecule has 140 valence electrons. The van der Waals surface area contributed by atoms with Crippen LogP contribution >= 0.6 is 0 Å². The van der Waals surface area contributed by atoms with Crippen LogP contribution < -0.4 is 15.5 Å². The van der Waals surface area contributed by atoms with Gasteiger partial charge in [0.25, 0.3) is 0 Å². The summed E-state index contributed by atoms with van der Waals surface area (Å²) in [5.74, 6) is 1.64. The molecule has 5 heteroatoms. The lowest BCUT2D eigenvalue weighted by Gasteiger charge is -2.24. The number of anilines is 2. The lowest BCUT2D eigenvalue weighted by molar-refractivity contribution is 0.393. The van der Waals surface area contributed by atoms with Crippen molar-refractivity contribution in [1.29, 1.82) is 0 Å². The Morgan fingerprint density at radius 1 is 1.15 bits per heavy atom. The third-order valence-electron chi connectivity index (χ3n) is 5.24. The first-order valence-corrected chi connectivity index (χ1v) is 9.68. The Morgan fingerprint density at radius 2 is 2.07 bits per heavy atom. The molecule has 2 N–H and O–H groups in total. The van der Waals surface area contributed by atoms with Crippen molar-refractivity contribution in [3.63, 3.8) is 0 Å². The van der Waals surface area contributed by atoms with E-state index in [0.717, 1.165) is 47.8 Å². The number of aromatic nitrogens is 2. The molecule has 0 amide bonds. The number of piperidine rings is 1. The number of hydrogen-bond acceptors (Lipinski definition) is 5. The maximum atomic E-state index is 4.59. The smallest absolute Gasteiger partial charge is 0.127 e. The highest BCUT2D eigenvalue weighted by Gasteiger charge is 2.14. The normalized spacial score (nSPS) is 17.0. The van der Waals surface area contributed by atoms with Gasteiger partial charge in [-0.2, -0.15) is 0 Å². The Morgan fingerprint density at radius 3 is 2.81 bits per heavy atom. The molecule has 1 atom stereocenters. The predicted molar refractivity (Wildman–Crippen MR) is 113 cm³/mol. The molecule has 1 aliphatic heterocycles. The maximum absolute atomic E-state index is 4.59. The molecule has 1 saturated heterocycles. The van der Waals surface area contributed by atoms with Crippen LogP contribution in [0, 0.1) is 5.92 Å². The molecule has 4 rings (SSSR count).